The largest absolute Gasteiger partial charge is 0.482 e. The van der Waals surface area contributed by atoms with Gasteiger partial charge in [0.05, 0.1) is 5.69 Å². The lowest BCUT2D eigenvalue weighted by molar-refractivity contribution is -0.145. The van der Waals surface area contributed by atoms with Crippen LogP contribution in [-0.2, 0) is 16.0 Å². The number of rotatable bonds is 7. The summed E-state index contributed by atoms with van der Waals surface area (Å²) in [6.07, 6.45) is -0.370. The van der Waals surface area contributed by atoms with E-state index in [1.54, 1.807) is 30.3 Å². The molecule has 3 rings (SSSR count). The van der Waals surface area contributed by atoms with Crippen molar-refractivity contribution in [2.45, 2.75) is 13.3 Å². The Bertz CT molecular complexity index is 971. The van der Waals surface area contributed by atoms with Gasteiger partial charge in [0.25, 0.3) is 0 Å². The topological polar surface area (TPSA) is 76.1 Å². The zero-order valence-corrected chi connectivity index (χ0v) is 15.5. The zero-order valence-electron chi connectivity index (χ0n) is 15.5. The van der Waals surface area contributed by atoms with E-state index in [-0.39, 0.29) is 6.61 Å². The maximum Gasteiger partial charge on any atom is 0.414 e. The zero-order chi connectivity index (χ0) is 19.9. The Balaban J connectivity index is 1.73. The van der Waals surface area contributed by atoms with E-state index in [1.165, 1.54) is 0 Å². The average molecular weight is 379 g/mol. The summed E-state index contributed by atoms with van der Waals surface area (Å²) in [7, 11) is 0. The molecular weight excluding hydrogens is 358 g/mol. The molecular formula is C22H21NO5. The molecule has 0 heterocycles. The number of amides is 1. The molecule has 6 heteroatoms. The minimum Gasteiger partial charge on any atom is -0.482 e. The van der Waals surface area contributed by atoms with Gasteiger partial charge < -0.3 is 14.6 Å². The van der Waals surface area contributed by atoms with E-state index >= 15 is 0 Å². The van der Waals surface area contributed by atoms with Crippen molar-refractivity contribution in [3.05, 3.63) is 72.3 Å². The second-order valence-electron chi connectivity index (χ2n) is 6.10. The summed E-state index contributed by atoms with van der Waals surface area (Å²) in [6.45, 7) is 1.33. The molecule has 0 unspecified atom stereocenters. The van der Waals surface area contributed by atoms with Crippen LogP contribution in [0.3, 0.4) is 0 Å². The van der Waals surface area contributed by atoms with Crippen LogP contribution >= 0.6 is 0 Å². The van der Waals surface area contributed by atoms with Gasteiger partial charge in [0.1, 0.15) is 5.75 Å². The van der Waals surface area contributed by atoms with Crippen LogP contribution in [0, 0.1) is 0 Å². The molecule has 6 nitrogen and oxygen atoms in total. The molecule has 3 aromatic carbocycles. The van der Waals surface area contributed by atoms with Gasteiger partial charge in [-0.2, -0.15) is 0 Å². The van der Waals surface area contributed by atoms with E-state index in [9.17, 15) is 14.7 Å². The van der Waals surface area contributed by atoms with E-state index in [2.05, 4.69) is 0 Å². The standard InChI is InChI=1S/C22H21NO5/c1-2-16-12-13-20(19-11-7-6-10-18(16)19)23(22(25)26)15-28-21(24)14-27-17-8-4-3-5-9-17/h3-13H,2,14-15H2,1H3,(H,25,26). The number of carbonyl (C=O) groups is 2. The molecule has 0 aliphatic rings. The number of anilines is 1. The average Bonchev–Trinajstić information content (AvgIpc) is 2.73. The third-order valence-corrected chi connectivity index (χ3v) is 4.35. The normalized spacial score (nSPS) is 10.5. The van der Waals surface area contributed by atoms with Crippen LogP contribution in [0.4, 0.5) is 10.5 Å². The second kappa shape index (κ2) is 8.90. The Morgan fingerprint density at radius 1 is 0.929 bits per heavy atom. The van der Waals surface area contributed by atoms with Crippen molar-refractivity contribution in [2.75, 3.05) is 18.2 Å². The number of carbonyl (C=O) groups excluding carboxylic acids is 1. The predicted molar refractivity (Wildman–Crippen MR) is 107 cm³/mol. The Morgan fingerprint density at radius 2 is 1.61 bits per heavy atom. The molecule has 144 valence electrons. The van der Waals surface area contributed by atoms with Gasteiger partial charge in [-0.25, -0.2) is 14.5 Å². The number of benzene rings is 3. The van der Waals surface area contributed by atoms with Gasteiger partial charge >= 0.3 is 12.1 Å². The van der Waals surface area contributed by atoms with Gasteiger partial charge in [0.2, 0.25) is 0 Å². The van der Waals surface area contributed by atoms with Crippen molar-refractivity contribution in [2.24, 2.45) is 0 Å². The molecule has 1 amide bonds. The minimum atomic E-state index is -1.20. The second-order valence-corrected chi connectivity index (χ2v) is 6.10. The van der Waals surface area contributed by atoms with Crippen LogP contribution < -0.4 is 9.64 Å². The summed E-state index contributed by atoms with van der Waals surface area (Å²) in [5.74, 6) is -0.111. The Morgan fingerprint density at radius 3 is 2.29 bits per heavy atom. The van der Waals surface area contributed by atoms with E-state index < -0.39 is 18.8 Å². The Kier molecular flexibility index (Phi) is 6.11. The van der Waals surface area contributed by atoms with Crippen LogP contribution in [0.5, 0.6) is 5.75 Å². The van der Waals surface area contributed by atoms with Crippen LogP contribution in [-0.4, -0.2) is 30.5 Å². The fraction of sp³-hybridized carbons (Fsp3) is 0.182. The van der Waals surface area contributed by atoms with E-state index in [4.69, 9.17) is 9.47 Å². The third-order valence-electron chi connectivity index (χ3n) is 4.35. The molecule has 28 heavy (non-hydrogen) atoms. The Labute approximate surface area is 162 Å². The lowest BCUT2D eigenvalue weighted by Gasteiger charge is -2.21. The number of aryl methyl sites for hydroxylation is 1. The lowest BCUT2D eigenvalue weighted by Crippen LogP contribution is -2.34. The quantitative estimate of drug-likeness (QED) is 0.484. The Hall–Kier alpha value is -3.54. The number of para-hydroxylation sites is 1. The number of hydrogen-bond acceptors (Lipinski definition) is 4. The highest BCUT2D eigenvalue weighted by atomic mass is 16.6. The maximum atomic E-state index is 12.0. The van der Waals surface area contributed by atoms with Crippen molar-refractivity contribution >= 4 is 28.5 Å². The van der Waals surface area contributed by atoms with Gasteiger partial charge in [-0.3, -0.25) is 0 Å². The molecule has 0 atom stereocenters. The molecule has 0 aliphatic carbocycles. The SMILES string of the molecule is CCc1ccc(N(COC(=O)COc2ccccc2)C(=O)O)c2ccccc12. The van der Waals surface area contributed by atoms with Gasteiger partial charge in [-0.15, -0.1) is 0 Å². The smallest absolute Gasteiger partial charge is 0.414 e. The number of carboxylic acid groups (broad SMARTS) is 1. The van der Waals surface area contributed by atoms with E-state index in [0.717, 1.165) is 27.7 Å². The summed E-state index contributed by atoms with van der Waals surface area (Å²) in [5, 5.41) is 11.4. The summed E-state index contributed by atoms with van der Waals surface area (Å²) in [5.41, 5.74) is 1.59. The number of esters is 1. The summed E-state index contributed by atoms with van der Waals surface area (Å²) < 4.78 is 10.5. The minimum absolute atomic E-state index is 0.299. The molecule has 1 N–H and O–H groups in total. The summed E-state index contributed by atoms with van der Waals surface area (Å²) in [4.78, 5) is 24.8. The molecule has 0 bridgehead atoms. The molecule has 0 aromatic heterocycles. The molecule has 0 radical (unpaired) electrons. The highest BCUT2D eigenvalue weighted by Crippen LogP contribution is 2.30. The van der Waals surface area contributed by atoms with Crippen LogP contribution in [0.2, 0.25) is 0 Å². The van der Waals surface area contributed by atoms with Gasteiger partial charge in [0.15, 0.2) is 13.3 Å². The number of nitrogens with zero attached hydrogens (tertiary/aromatic N) is 1. The van der Waals surface area contributed by atoms with Gasteiger partial charge in [-0.1, -0.05) is 55.5 Å². The van der Waals surface area contributed by atoms with Crippen molar-refractivity contribution in [1.82, 2.24) is 0 Å². The van der Waals surface area contributed by atoms with Crippen LogP contribution in [0.15, 0.2) is 66.7 Å². The van der Waals surface area contributed by atoms with Crippen LogP contribution in [0.1, 0.15) is 12.5 Å². The monoisotopic (exact) mass is 379 g/mol. The summed E-state index contributed by atoms with van der Waals surface area (Å²) in [6, 6.07) is 20.1. The van der Waals surface area contributed by atoms with Gasteiger partial charge in [-0.05, 0) is 35.6 Å². The van der Waals surface area contributed by atoms with E-state index in [1.807, 2.05) is 43.3 Å². The molecule has 0 saturated heterocycles. The molecule has 0 spiro atoms. The number of ether oxygens (including phenoxy) is 2. The first kappa shape index (κ1) is 19.2. The molecule has 0 aliphatic heterocycles. The van der Waals surface area contributed by atoms with Crippen molar-refractivity contribution in [1.29, 1.82) is 0 Å². The number of fused-ring (bicyclic) bond motifs is 1. The fourth-order valence-corrected chi connectivity index (χ4v) is 2.95. The van der Waals surface area contributed by atoms with Crippen molar-refractivity contribution in [3.8, 4) is 5.75 Å². The van der Waals surface area contributed by atoms with Crippen molar-refractivity contribution < 1.29 is 24.2 Å². The predicted octanol–water partition coefficient (Wildman–Crippen LogP) is 4.47. The van der Waals surface area contributed by atoms with E-state index in [0.29, 0.717) is 11.4 Å². The van der Waals surface area contributed by atoms with Gasteiger partial charge in [0, 0.05) is 5.39 Å². The third kappa shape index (κ3) is 4.40. The first-order chi connectivity index (χ1) is 13.6. The highest BCUT2D eigenvalue weighted by molar-refractivity contribution is 6.02. The number of hydrogen-bond donors (Lipinski definition) is 1. The molecule has 3 aromatic rings. The molecule has 0 saturated carbocycles. The maximum absolute atomic E-state index is 12.0. The van der Waals surface area contributed by atoms with Crippen molar-refractivity contribution in [3.63, 3.8) is 0 Å². The summed E-state index contributed by atoms with van der Waals surface area (Å²) >= 11 is 0. The first-order valence-corrected chi connectivity index (χ1v) is 8.94. The van der Waals surface area contributed by atoms with Crippen LogP contribution in [0.25, 0.3) is 10.8 Å². The first-order valence-electron chi connectivity index (χ1n) is 8.94. The highest BCUT2D eigenvalue weighted by Gasteiger charge is 2.20. The molecule has 0 fully saturated rings. The lowest BCUT2D eigenvalue weighted by atomic mass is 10.0. The fourth-order valence-electron chi connectivity index (χ4n) is 2.95.